The van der Waals surface area contributed by atoms with Crippen molar-refractivity contribution < 1.29 is 42.1 Å². The van der Waals surface area contributed by atoms with Gasteiger partial charge in [0.2, 0.25) is 15.9 Å². The van der Waals surface area contributed by atoms with Gasteiger partial charge in [0.25, 0.3) is 11.8 Å². The summed E-state index contributed by atoms with van der Waals surface area (Å²) < 4.78 is 46.0. The molecule has 2 aromatic heterocycles. The number of aliphatic hydroxyl groups is 1. The third-order valence-electron chi connectivity index (χ3n) is 10.7. The van der Waals surface area contributed by atoms with Crippen molar-refractivity contribution in [3.05, 3.63) is 47.0 Å². The second kappa shape index (κ2) is 15.2. The van der Waals surface area contributed by atoms with Crippen LogP contribution in [0.1, 0.15) is 76.0 Å². The summed E-state index contributed by atoms with van der Waals surface area (Å²) in [4.78, 5) is 53.2. The highest BCUT2D eigenvalue weighted by atomic mass is 32.2. The summed E-state index contributed by atoms with van der Waals surface area (Å²) in [6.07, 6.45) is 5.10. The Morgan fingerprint density at radius 2 is 2.00 bits per heavy atom. The van der Waals surface area contributed by atoms with Gasteiger partial charge in [0.1, 0.15) is 39.9 Å². The maximum Gasteiger partial charge on any atom is 0.259 e. The average Bonchev–Trinajstić information content (AvgIpc) is 4.02. The molecule has 1 aromatic carbocycles. The number of hydrogen-bond donors (Lipinski definition) is 3. The van der Waals surface area contributed by atoms with Crippen LogP contribution < -0.4 is 19.5 Å². The lowest BCUT2D eigenvalue weighted by Crippen LogP contribution is -2.57. The Kier molecular flexibility index (Phi) is 10.7. The Hall–Kier alpha value is -4.12. The lowest BCUT2D eigenvalue weighted by Gasteiger charge is -2.28. The lowest BCUT2D eigenvalue weighted by atomic mass is 10.1. The highest BCUT2D eigenvalue weighted by Gasteiger charge is 2.62. The molecule has 2 aliphatic heterocycles. The van der Waals surface area contributed by atoms with Crippen LogP contribution in [0.25, 0.3) is 21.6 Å². The molecule has 16 heteroatoms. The van der Waals surface area contributed by atoms with Gasteiger partial charge in [-0.05, 0) is 63.5 Å². The van der Waals surface area contributed by atoms with E-state index >= 15 is 0 Å². The van der Waals surface area contributed by atoms with Crippen LogP contribution in [0, 0.1) is 12.8 Å². The van der Waals surface area contributed by atoms with Gasteiger partial charge in [-0.15, -0.1) is 11.3 Å². The minimum Gasteiger partial charge on any atom is -0.496 e. The number of aryl methyl sites for hydroxylation is 1. The van der Waals surface area contributed by atoms with E-state index < -0.39 is 69.3 Å². The van der Waals surface area contributed by atoms with Crippen molar-refractivity contribution in [3.8, 4) is 22.2 Å². The van der Waals surface area contributed by atoms with E-state index in [0.29, 0.717) is 58.8 Å². The molecule has 5 atom stereocenters. The van der Waals surface area contributed by atoms with Crippen molar-refractivity contribution in [1.29, 1.82) is 0 Å². The van der Waals surface area contributed by atoms with Crippen LogP contribution in [-0.4, -0.2) is 102 Å². The van der Waals surface area contributed by atoms with E-state index in [0.717, 1.165) is 17.7 Å². The van der Waals surface area contributed by atoms with E-state index in [1.54, 1.807) is 7.11 Å². The summed E-state index contributed by atoms with van der Waals surface area (Å²) in [6, 6.07) is 4.40. The fourth-order valence-corrected chi connectivity index (χ4v) is 9.54. The molecule has 3 amide bonds. The number of pyridine rings is 1. The van der Waals surface area contributed by atoms with Gasteiger partial charge >= 0.3 is 0 Å². The quantitative estimate of drug-likeness (QED) is 0.269. The van der Waals surface area contributed by atoms with E-state index in [1.165, 1.54) is 16.2 Å². The van der Waals surface area contributed by atoms with Crippen molar-refractivity contribution in [2.24, 2.45) is 5.92 Å². The minimum absolute atomic E-state index is 0.0155. The fourth-order valence-electron chi connectivity index (χ4n) is 7.24. The first-order valence-electron chi connectivity index (χ1n) is 18.5. The number of fused-ring (bicyclic) bond motifs is 3. The summed E-state index contributed by atoms with van der Waals surface area (Å²) >= 11 is 1.48. The second-order valence-electron chi connectivity index (χ2n) is 14.9. The summed E-state index contributed by atoms with van der Waals surface area (Å²) in [7, 11) is -2.29. The molecule has 3 fully saturated rings. The predicted octanol–water partition coefficient (Wildman–Crippen LogP) is 3.75. The Morgan fingerprint density at radius 1 is 1.20 bits per heavy atom. The third kappa shape index (κ3) is 7.57. The van der Waals surface area contributed by atoms with Crippen molar-refractivity contribution >= 4 is 50.0 Å². The van der Waals surface area contributed by atoms with Gasteiger partial charge in [-0.1, -0.05) is 26.0 Å². The first kappa shape index (κ1) is 38.2. The number of hydrogen-bond acceptors (Lipinski definition) is 12. The molecule has 0 bridgehead atoms. The smallest absolute Gasteiger partial charge is 0.259 e. The van der Waals surface area contributed by atoms with Gasteiger partial charge in [-0.25, -0.2) is 18.4 Å². The zero-order chi connectivity index (χ0) is 38.4. The molecule has 3 aromatic rings. The maximum atomic E-state index is 14.3. The topological polar surface area (TPSA) is 186 Å². The van der Waals surface area contributed by atoms with Gasteiger partial charge in [0.05, 0.1) is 36.7 Å². The second-order valence-corrected chi connectivity index (χ2v) is 17.7. The van der Waals surface area contributed by atoms with Gasteiger partial charge < -0.3 is 29.5 Å². The predicted molar refractivity (Wildman–Crippen MR) is 202 cm³/mol. The number of aromatic nitrogens is 2. The number of benzene rings is 1. The van der Waals surface area contributed by atoms with Crippen LogP contribution in [0.15, 0.2) is 35.7 Å². The van der Waals surface area contributed by atoms with Gasteiger partial charge in [0.15, 0.2) is 6.10 Å². The molecule has 7 rings (SSSR count). The number of aliphatic hydroxyl groups excluding tert-OH is 1. The third-order valence-corrected chi connectivity index (χ3v) is 13.4. The van der Waals surface area contributed by atoms with Crippen LogP contribution >= 0.6 is 11.3 Å². The number of ether oxygens (including phenoxy) is 3. The zero-order valence-corrected chi connectivity index (χ0v) is 32.5. The van der Waals surface area contributed by atoms with E-state index in [-0.39, 0.29) is 31.9 Å². The number of sulfonamides is 1. The van der Waals surface area contributed by atoms with Crippen LogP contribution in [-0.2, 0) is 29.1 Å². The molecule has 3 N–H and O–H groups in total. The van der Waals surface area contributed by atoms with E-state index in [9.17, 15) is 27.9 Å². The largest absolute Gasteiger partial charge is 0.496 e. The summed E-state index contributed by atoms with van der Waals surface area (Å²) in [5.74, 6) is -1.06. The molecule has 14 nitrogen and oxygen atoms in total. The van der Waals surface area contributed by atoms with E-state index in [4.69, 9.17) is 24.2 Å². The number of methoxy groups -OCH3 is 1. The van der Waals surface area contributed by atoms with Crippen molar-refractivity contribution in [3.63, 3.8) is 0 Å². The molecule has 2 saturated carbocycles. The monoisotopic (exact) mass is 781 g/mol. The molecule has 290 valence electrons. The van der Waals surface area contributed by atoms with Crippen molar-refractivity contribution in [2.45, 2.75) is 101 Å². The van der Waals surface area contributed by atoms with Gasteiger partial charge in [0, 0.05) is 41.3 Å². The molecule has 5 unspecified atom stereocenters. The number of carbonyl (C=O) groups is 3. The molecule has 0 spiro atoms. The Labute approximate surface area is 318 Å². The molecule has 2 aliphatic carbocycles. The molecular formula is C38H47N5O9S2. The standard InChI is InChI=1S/C38H47N5O9S2/c1-21(2)28-20-53-35(40-28)27-16-31(26-12-13-30(50-4)22(3)33(26)39-27)52-24-15-29-34(45)41-38(37(47)42-54(48,49)25-10-11-25)17-23(38)9-7-5-6-8-14-51-32(19-44)36(46)43(29)18-24/h7,9,12-13,16,20-21,23-25,29,32,44H,5-6,8,10-11,14-15,17-19H2,1-4H3,(H,41,45)(H,42,47). The van der Waals surface area contributed by atoms with Crippen LogP contribution in [0.4, 0.5) is 0 Å². The molecule has 4 aliphatic rings. The molecule has 4 heterocycles. The Morgan fingerprint density at radius 3 is 2.70 bits per heavy atom. The highest BCUT2D eigenvalue weighted by molar-refractivity contribution is 7.91. The van der Waals surface area contributed by atoms with Gasteiger partial charge in [-0.3, -0.25) is 19.1 Å². The number of nitrogens with zero attached hydrogens (tertiary/aromatic N) is 3. The normalized spacial score (nSPS) is 26.4. The fraction of sp³-hybridized carbons (Fsp3) is 0.553. The summed E-state index contributed by atoms with van der Waals surface area (Å²) in [6.45, 7) is 5.68. The number of rotatable bonds is 9. The number of carbonyl (C=O) groups excluding carboxylic acids is 3. The van der Waals surface area contributed by atoms with Crippen LogP contribution in [0.2, 0.25) is 0 Å². The first-order valence-corrected chi connectivity index (χ1v) is 21.0. The Balaban J connectivity index is 1.22. The van der Waals surface area contributed by atoms with Crippen molar-refractivity contribution in [1.82, 2.24) is 24.9 Å². The minimum atomic E-state index is -3.88. The van der Waals surface area contributed by atoms with E-state index in [2.05, 4.69) is 23.9 Å². The number of allylic oxidation sites excluding steroid dienone is 1. The Bertz CT molecular complexity index is 2080. The zero-order valence-electron chi connectivity index (χ0n) is 30.9. The van der Waals surface area contributed by atoms with Crippen LogP contribution in [0.5, 0.6) is 11.5 Å². The summed E-state index contributed by atoms with van der Waals surface area (Å²) in [5.41, 5.74) is 1.51. The summed E-state index contributed by atoms with van der Waals surface area (Å²) in [5, 5.41) is 15.9. The van der Waals surface area contributed by atoms with Crippen molar-refractivity contribution in [2.75, 3.05) is 26.9 Å². The SMILES string of the molecule is COc1ccc2c(OC3CC4C(=O)NC5(C(=O)NS(=O)(=O)C6CC6)CC5C=CCCCCOC(CO)C(=O)N4C3)cc(-c3nc(C(C)C)cs3)nc2c1C. The molecule has 54 heavy (non-hydrogen) atoms. The van der Waals surface area contributed by atoms with E-state index in [1.807, 2.05) is 42.7 Å². The molecular weight excluding hydrogens is 735 g/mol. The molecule has 0 radical (unpaired) electrons. The van der Waals surface area contributed by atoms with Crippen LogP contribution in [0.3, 0.4) is 0 Å². The number of nitrogens with one attached hydrogen (secondary N) is 2. The number of thiazole rings is 1. The maximum absolute atomic E-state index is 14.3. The molecule has 1 saturated heterocycles. The number of amides is 3. The highest BCUT2D eigenvalue weighted by Crippen LogP contribution is 2.46. The lowest BCUT2D eigenvalue weighted by molar-refractivity contribution is -0.151. The first-order chi connectivity index (χ1) is 25.8. The van der Waals surface area contributed by atoms with Gasteiger partial charge in [-0.2, -0.15) is 0 Å². The average molecular weight is 782 g/mol.